The molecule has 0 saturated carbocycles. The predicted molar refractivity (Wildman–Crippen MR) is 408 cm³/mol. The molecule has 0 spiro atoms. The third-order valence-electron chi connectivity index (χ3n) is 20.1. The Hall–Kier alpha value is -9.37. The quantitative estimate of drug-likeness (QED) is 0.0154. The smallest absolute Gasteiger partial charge is 0.326 e. The number of hydrogen-bond donors (Lipinski definition) is 19. The Kier molecular flexibility index (Phi) is 39.7. The number of aliphatic hydroxyl groups is 3. The first kappa shape index (κ1) is 96.8. The first-order valence-electron chi connectivity index (χ1n) is 38.8. The summed E-state index contributed by atoms with van der Waals surface area (Å²) in [7, 11) is 0. The van der Waals surface area contributed by atoms with Crippen molar-refractivity contribution < 1.29 is 97.1 Å². The zero-order valence-corrected chi connectivity index (χ0v) is 67.4. The van der Waals surface area contributed by atoms with Crippen LogP contribution in [0.2, 0.25) is 0 Å². The van der Waals surface area contributed by atoms with E-state index in [1.165, 1.54) is 11.8 Å². The van der Waals surface area contributed by atoms with Crippen LogP contribution in [-0.4, -0.2) is 272 Å². The summed E-state index contributed by atoms with van der Waals surface area (Å²) in [5.41, 5.74) is 22.1. The Morgan fingerprint density at radius 1 is 0.420 bits per heavy atom. The average molecular weight is 1590 g/mol. The van der Waals surface area contributed by atoms with Gasteiger partial charge in [-0.1, -0.05) is 103 Å². The van der Waals surface area contributed by atoms with Crippen LogP contribution < -0.4 is 81.4 Å². The van der Waals surface area contributed by atoms with Gasteiger partial charge in [-0.2, -0.15) is 0 Å². The van der Waals surface area contributed by atoms with Gasteiger partial charge in [-0.3, -0.25) is 76.9 Å². The summed E-state index contributed by atoms with van der Waals surface area (Å²) in [6.45, 7) is 22.7. The number of carbonyl (C=O) groups excluding carboxylic acids is 15. The number of primary amides is 1. The maximum absolute atomic E-state index is 14.7. The van der Waals surface area contributed by atoms with Crippen LogP contribution in [0.25, 0.3) is 0 Å². The van der Waals surface area contributed by atoms with Gasteiger partial charge in [0.25, 0.3) is 0 Å². The van der Waals surface area contributed by atoms with Gasteiger partial charge >= 0.3 is 5.97 Å². The second-order valence-corrected chi connectivity index (χ2v) is 31.5. The number of carbonyl (C=O) groups is 16. The number of amides is 15. The molecule has 15 amide bonds. The fourth-order valence-corrected chi connectivity index (χ4v) is 13.3. The number of aliphatic hydroxyl groups excluding tert-OH is 3. The molecule has 39 nitrogen and oxygen atoms in total. The number of nitrogens with one attached hydrogen (secondary N) is 11. The number of carboxylic acids is 1. The van der Waals surface area contributed by atoms with Crippen molar-refractivity contribution in [2.45, 2.75) is 278 Å². The van der Waals surface area contributed by atoms with Crippen molar-refractivity contribution in [2.75, 3.05) is 39.4 Å². The van der Waals surface area contributed by atoms with Crippen LogP contribution in [0.15, 0.2) is 4.99 Å². The Morgan fingerprint density at radius 3 is 1.17 bits per heavy atom. The molecule has 3 rings (SSSR count). The highest BCUT2D eigenvalue weighted by Crippen LogP contribution is 2.25. The van der Waals surface area contributed by atoms with Gasteiger partial charge in [0.2, 0.25) is 88.6 Å². The maximum atomic E-state index is 14.7. The molecule has 0 aromatic rings. The molecule has 0 aliphatic carbocycles. The topological polar surface area (TPSA) is 613 Å². The second-order valence-electron chi connectivity index (χ2n) is 31.5. The van der Waals surface area contributed by atoms with Crippen molar-refractivity contribution in [1.29, 1.82) is 0 Å². The van der Waals surface area contributed by atoms with Crippen molar-refractivity contribution in [3.8, 4) is 0 Å². The molecular weight excluding hydrogens is 1460 g/mol. The molecule has 17 atom stereocenters. The zero-order valence-electron chi connectivity index (χ0n) is 67.4. The SMILES string of the molecule is CC[C@H](C)[C@H](NC(=O)[C@@H](NC(=O)[C@@H](NC(=O)[C@H](CCCN=C(N)N)NC(=O)[C@@H](N)CO)C(C)C)C(C)C)C(=O)N[C@@H](CCC(N)=O)C(=O)N1CCC[C@H]1C(=O)N[C@@H](CO)C(=O)N1CCC[C@H]1C(=O)N[C@H](C(=O)N[C@H](C(=O)N[C@H](C(=O)N[C@H](C(=O)N[C@@H](CC(C)C)C(=O)N1CCC[C@H]1C(=O)O)[C@@H](C)O)C(C)C)C(C)C)C(C)C. The molecule has 3 heterocycles. The van der Waals surface area contributed by atoms with Crippen molar-refractivity contribution in [2.24, 2.45) is 69.4 Å². The molecule has 634 valence electrons. The van der Waals surface area contributed by atoms with Gasteiger partial charge in [0.1, 0.15) is 90.6 Å². The maximum Gasteiger partial charge on any atom is 0.326 e. The standard InChI is InChI=1S/C73H127N19O20/c1-16-40(14)56(88-65(104)54(38(10)11)86-62(101)51(35(4)5)83-59(98)43(21-17-27-78-73(76)77)79-58(97)42(74)32-93)67(106)80-44(25-26-50(75)96)69(108)90-28-18-22-47(90)60(99)82-46(33-94)71(110)91-29-19-23-48(91)61(100)84-52(36(6)7)63(102)85-53(37(8)9)64(103)87-55(39(12)13)66(105)89-57(41(15)95)68(107)81-45(31-34(2)3)70(109)92-30-20-24-49(92)72(111)112/h34-49,51-57,93-95H,16-33,74H2,1-15H3,(H2,75,96)(H,79,97)(H,80,106)(H,81,107)(H,82,99)(H,83,98)(H,84,100)(H,85,102)(H,86,101)(H,87,103)(H,88,104)(H,89,105)(H,111,112)(H4,76,77,78)/t40-,41+,42-,43-,44-,45-,46-,47-,48-,49-,51-,52-,53-,54-,55-,56-,57-/m0/s1. The lowest BCUT2D eigenvalue weighted by Gasteiger charge is -2.33. The van der Waals surface area contributed by atoms with E-state index in [0.717, 1.165) is 9.80 Å². The highest BCUT2D eigenvalue weighted by atomic mass is 16.4. The van der Waals surface area contributed by atoms with Crippen molar-refractivity contribution in [1.82, 2.24) is 73.2 Å². The molecule has 3 aliphatic heterocycles. The Balaban J connectivity index is 1.79. The van der Waals surface area contributed by atoms with E-state index in [4.69, 9.17) is 22.9 Å². The number of carboxylic acid groups (broad SMARTS) is 1. The van der Waals surface area contributed by atoms with Gasteiger partial charge in [-0.05, 0) is 113 Å². The summed E-state index contributed by atoms with van der Waals surface area (Å²) >= 11 is 0. The average Bonchev–Trinajstić information content (AvgIpc) is 1.61. The summed E-state index contributed by atoms with van der Waals surface area (Å²) in [6.07, 6.45) is -0.514. The van der Waals surface area contributed by atoms with Gasteiger partial charge in [-0.25, -0.2) is 4.79 Å². The van der Waals surface area contributed by atoms with Gasteiger partial charge in [0, 0.05) is 32.6 Å². The van der Waals surface area contributed by atoms with E-state index in [-0.39, 0.29) is 102 Å². The summed E-state index contributed by atoms with van der Waals surface area (Å²) in [5.74, 6) is -18.1. The first-order valence-corrected chi connectivity index (χ1v) is 38.8. The van der Waals surface area contributed by atoms with Crippen LogP contribution in [0.4, 0.5) is 0 Å². The van der Waals surface area contributed by atoms with E-state index >= 15 is 0 Å². The van der Waals surface area contributed by atoms with E-state index in [2.05, 4.69) is 63.5 Å². The number of nitrogens with zero attached hydrogens (tertiary/aromatic N) is 4. The molecule has 0 aromatic carbocycles. The lowest BCUT2D eigenvalue weighted by molar-refractivity contribution is -0.149. The van der Waals surface area contributed by atoms with Crippen molar-refractivity contribution in [3.63, 3.8) is 0 Å². The second kappa shape index (κ2) is 46.0. The van der Waals surface area contributed by atoms with E-state index in [1.807, 2.05) is 0 Å². The molecule has 0 radical (unpaired) electrons. The largest absolute Gasteiger partial charge is 0.480 e. The molecular formula is C73H127N19O20. The normalized spacial score (nSPS) is 19.4. The van der Waals surface area contributed by atoms with Gasteiger partial charge < -0.3 is 117 Å². The molecule has 3 aliphatic rings. The van der Waals surface area contributed by atoms with Crippen LogP contribution in [0.5, 0.6) is 0 Å². The highest BCUT2D eigenvalue weighted by molar-refractivity contribution is 6.01. The third-order valence-corrected chi connectivity index (χ3v) is 20.1. The van der Waals surface area contributed by atoms with Crippen LogP contribution in [-0.2, 0) is 76.7 Å². The van der Waals surface area contributed by atoms with Crippen LogP contribution in [0.1, 0.15) is 181 Å². The number of likely N-dealkylation sites (tertiary alicyclic amines) is 3. The van der Waals surface area contributed by atoms with Gasteiger partial charge in [0.15, 0.2) is 5.96 Å². The minimum absolute atomic E-state index is 0.0197. The van der Waals surface area contributed by atoms with E-state index in [1.54, 1.807) is 96.9 Å². The third kappa shape index (κ3) is 28.7. The lowest BCUT2D eigenvalue weighted by Crippen LogP contribution is -2.63. The first-order chi connectivity index (χ1) is 52.3. The zero-order chi connectivity index (χ0) is 85.0. The highest BCUT2D eigenvalue weighted by Gasteiger charge is 2.46. The molecule has 0 bridgehead atoms. The molecule has 0 unspecified atom stereocenters. The number of aliphatic carboxylic acids is 1. The van der Waals surface area contributed by atoms with E-state index in [0.29, 0.717) is 6.42 Å². The minimum Gasteiger partial charge on any atom is -0.480 e. The van der Waals surface area contributed by atoms with Crippen molar-refractivity contribution >= 4 is 101 Å². The van der Waals surface area contributed by atoms with Gasteiger partial charge in [-0.15, -0.1) is 0 Å². The Bertz CT molecular complexity index is 3310. The van der Waals surface area contributed by atoms with E-state index < -0.39 is 246 Å². The fraction of sp³-hybridized carbons (Fsp3) is 0.767. The van der Waals surface area contributed by atoms with Crippen LogP contribution in [0.3, 0.4) is 0 Å². The number of hydrogen-bond acceptors (Lipinski definition) is 21. The molecule has 0 aromatic heterocycles. The Morgan fingerprint density at radius 2 is 0.777 bits per heavy atom. The number of rotatable bonds is 45. The predicted octanol–water partition coefficient (Wildman–Crippen LogP) is -5.24. The molecule has 23 N–H and O–H groups in total. The summed E-state index contributed by atoms with van der Waals surface area (Å²) < 4.78 is 0. The minimum atomic E-state index is -1.68. The number of guanidine groups is 1. The molecule has 3 fully saturated rings. The van der Waals surface area contributed by atoms with Gasteiger partial charge in [0.05, 0.1) is 19.3 Å². The summed E-state index contributed by atoms with van der Waals surface area (Å²) in [6, 6.07) is -20.5. The van der Waals surface area contributed by atoms with Crippen molar-refractivity contribution in [3.05, 3.63) is 0 Å². The lowest BCUT2D eigenvalue weighted by atomic mass is 9.95. The summed E-state index contributed by atoms with van der Waals surface area (Å²) in [5, 5.41) is 69.5. The fourth-order valence-electron chi connectivity index (χ4n) is 13.3. The van der Waals surface area contributed by atoms with E-state index in [9.17, 15) is 97.1 Å². The monoisotopic (exact) mass is 1590 g/mol. The summed E-state index contributed by atoms with van der Waals surface area (Å²) in [4.78, 5) is 229. The molecule has 112 heavy (non-hydrogen) atoms. The Labute approximate surface area is 654 Å². The molecule has 3 saturated heterocycles. The van der Waals surface area contributed by atoms with Crippen LogP contribution >= 0.6 is 0 Å². The number of nitrogens with two attached hydrogens (primary N) is 4. The number of aliphatic imine (C=N–C) groups is 1. The molecule has 39 heteroatoms. The van der Waals surface area contributed by atoms with Crippen LogP contribution in [0, 0.1) is 41.4 Å².